The molecule has 0 aliphatic carbocycles. The molecule has 0 aliphatic heterocycles. The van der Waals surface area contributed by atoms with Gasteiger partial charge in [-0.2, -0.15) is 0 Å². The van der Waals surface area contributed by atoms with Crippen LogP contribution in [0.25, 0.3) is 0 Å². The topological polar surface area (TPSA) is 74.2 Å². The second kappa shape index (κ2) is 6.02. The molecule has 0 spiro atoms. The van der Waals surface area contributed by atoms with Crippen LogP contribution >= 0.6 is 11.3 Å². The summed E-state index contributed by atoms with van der Waals surface area (Å²) in [4.78, 5) is 15.4. The van der Waals surface area contributed by atoms with Gasteiger partial charge in [0.05, 0.1) is 0 Å². The van der Waals surface area contributed by atoms with Gasteiger partial charge in [0, 0.05) is 18.1 Å². The van der Waals surface area contributed by atoms with Crippen molar-refractivity contribution < 1.29 is 9.90 Å². The number of rotatable bonds is 4. The van der Waals surface area contributed by atoms with E-state index in [4.69, 9.17) is 5.11 Å². The van der Waals surface area contributed by atoms with Crippen molar-refractivity contribution in [3.05, 3.63) is 41.4 Å². The molecule has 2 aromatic rings. The highest BCUT2D eigenvalue weighted by atomic mass is 32.1. The van der Waals surface area contributed by atoms with E-state index in [0.717, 1.165) is 5.56 Å². The fourth-order valence-electron chi connectivity index (χ4n) is 1.41. The molecule has 18 heavy (non-hydrogen) atoms. The van der Waals surface area contributed by atoms with E-state index in [1.165, 1.54) is 11.3 Å². The summed E-state index contributed by atoms with van der Waals surface area (Å²) >= 11 is 1.37. The quantitative estimate of drug-likeness (QED) is 0.791. The van der Waals surface area contributed by atoms with Crippen molar-refractivity contribution in [3.8, 4) is 5.75 Å². The zero-order valence-electron chi connectivity index (χ0n) is 9.59. The molecular formula is C12H13N3O2S. The van der Waals surface area contributed by atoms with Gasteiger partial charge in [0.15, 0.2) is 5.13 Å². The maximum atomic E-state index is 11.5. The van der Waals surface area contributed by atoms with E-state index >= 15 is 0 Å². The number of amides is 2. The Morgan fingerprint density at radius 3 is 2.78 bits per heavy atom. The standard InChI is InChI=1S/C12H13N3O2S/c16-10-3-1-9(2-4-10)5-6-13-11(17)15-12-14-7-8-18-12/h1-4,7-8,16H,5-6H2,(H2,13,14,15,17). The van der Waals surface area contributed by atoms with Crippen LogP contribution in [0, 0.1) is 0 Å². The molecule has 1 aromatic heterocycles. The molecule has 1 aromatic carbocycles. The van der Waals surface area contributed by atoms with Crippen LogP contribution < -0.4 is 10.6 Å². The molecule has 6 heteroatoms. The van der Waals surface area contributed by atoms with Gasteiger partial charge in [-0.05, 0) is 24.1 Å². The number of urea groups is 1. The average molecular weight is 263 g/mol. The number of anilines is 1. The molecule has 0 saturated carbocycles. The molecule has 5 nitrogen and oxygen atoms in total. The smallest absolute Gasteiger partial charge is 0.321 e. The summed E-state index contributed by atoms with van der Waals surface area (Å²) in [6.45, 7) is 0.530. The third-order valence-electron chi connectivity index (χ3n) is 2.29. The number of aromatic hydroxyl groups is 1. The van der Waals surface area contributed by atoms with Gasteiger partial charge >= 0.3 is 6.03 Å². The minimum atomic E-state index is -0.260. The predicted octanol–water partition coefficient (Wildman–Crippen LogP) is 2.21. The van der Waals surface area contributed by atoms with E-state index in [1.54, 1.807) is 23.7 Å². The molecule has 0 aliphatic rings. The monoisotopic (exact) mass is 263 g/mol. The van der Waals surface area contributed by atoms with Gasteiger partial charge in [-0.15, -0.1) is 11.3 Å². The van der Waals surface area contributed by atoms with Crippen molar-refractivity contribution >= 4 is 22.5 Å². The number of phenols is 1. The van der Waals surface area contributed by atoms with Crippen molar-refractivity contribution in [1.82, 2.24) is 10.3 Å². The first-order valence-electron chi connectivity index (χ1n) is 5.46. The second-order valence-electron chi connectivity index (χ2n) is 3.63. The normalized spacial score (nSPS) is 10.0. The zero-order chi connectivity index (χ0) is 12.8. The fraction of sp³-hybridized carbons (Fsp3) is 0.167. The highest BCUT2D eigenvalue weighted by molar-refractivity contribution is 7.13. The Balaban J connectivity index is 1.72. The Morgan fingerprint density at radius 1 is 1.33 bits per heavy atom. The third-order valence-corrected chi connectivity index (χ3v) is 2.98. The van der Waals surface area contributed by atoms with Crippen molar-refractivity contribution in [2.24, 2.45) is 0 Å². The predicted molar refractivity (Wildman–Crippen MR) is 70.9 cm³/mol. The van der Waals surface area contributed by atoms with E-state index in [-0.39, 0.29) is 11.8 Å². The number of hydrogen-bond acceptors (Lipinski definition) is 4. The summed E-state index contributed by atoms with van der Waals surface area (Å²) in [6, 6.07) is 6.66. The summed E-state index contributed by atoms with van der Waals surface area (Å²) in [7, 11) is 0. The second-order valence-corrected chi connectivity index (χ2v) is 4.53. The highest BCUT2D eigenvalue weighted by Crippen LogP contribution is 2.10. The van der Waals surface area contributed by atoms with E-state index in [9.17, 15) is 4.79 Å². The summed E-state index contributed by atoms with van der Waals surface area (Å²) < 4.78 is 0. The minimum absolute atomic E-state index is 0.244. The number of nitrogens with zero attached hydrogens (tertiary/aromatic N) is 1. The largest absolute Gasteiger partial charge is 0.508 e. The van der Waals surface area contributed by atoms with Crippen LogP contribution in [0.1, 0.15) is 5.56 Å². The number of nitrogens with one attached hydrogen (secondary N) is 2. The number of aromatic nitrogens is 1. The molecule has 2 amide bonds. The zero-order valence-corrected chi connectivity index (χ0v) is 10.4. The van der Waals surface area contributed by atoms with Crippen LogP contribution in [0.15, 0.2) is 35.8 Å². The lowest BCUT2D eigenvalue weighted by atomic mass is 10.1. The van der Waals surface area contributed by atoms with E-state index < -0.39 is 0 Å². The first kappa shape index (κ1) is 12.4. The molecule has 0 radical (unpaired) electrons. The Labute approximate surface area is 108 Å². The Bertz CT molecular complexity index is 497. The van der Waals surface area contributed by atoms with Crippen molar-refractivity contribution in [2.45, 2.75) is 6.42 Å². The summed E-state index contributed by atoms with van der Waals surface area (Å²) in [5.74, 6) is 0.244. The highest BCUT2D eigenvalue weighted by Gasteiger charge is 2.02. The van der Waals surface area contributed by atoms with Gasteiger partial charge in [0.25, 0.3) is 0 Å². The molecule has 0 fully saturated rings. The van der Waals surface area contributed by atoms with E-state index in [2.05, 4.69) is 15.6 Å². The van der Waals surface area contributed by atoms with Gasteiger partial charge in [0.2, 0.25) is 0 Å². The number of benzene rings is 1. The summed E-state index contributed by atoms with van der Waals surface area (Å²) in [5.41, 5.74) is 1.06. The van der Waals surface area contributed by atoms with Crippen LogP contribution in [0.2, 0.25) is 0 Å². The van der Waals surface area contributed by atoms with Crippen LogP contribution in [0.5, 0.6) is 5.75 Å². The maximum absolute atomic E-state index is 11.5. The molecule has 0 saturated heterocycles. The SMILES string of the molecule is O=C(NCCc1ccc(O)cc1)Nc1nccs1. The number of carbonyl (C=O) groups is 1. The lowest BCUT2D eigenvalue weighted by molar-refractivity contribution is 0.252. The molecule has 2 rings (SSSR count). The minimum Gasteiger partial charge on any atom is -0.508 e. The van der Waals surface area contributed by atoms with Crippen molar-refractivity contribution in [2.75, 3.05) is 11.9 Å². The lowest BCUT2D eigenvalue weighted by Gasteiger charge is -2.05. The first-order valence-corrected chi connectivity index (χ1v) is 6.34. The molecule has 3 N–H and O–H groups in total. The van der Waals surface area contributed by atoms with Gasteiger partial charge in [-0.3, -0.25) is 5.32 Å². The van der Waals surface area contributed by atoms with Gasteiger partial charge in [-0.1, -0.05) is 12.1 Å². The summed E-state index contributed by atoms with van der Waals surface area (Å²) in [6.07, 6.45) is 2.35. The maximum Gasteiger partial charge on any atom is 0.321 e. The van der Waals surface area contributed by atoms with E-state index in [1.807, 2.05) is 12.1 Å². The fourth-order valence-corrected chi connectivity index (χ4v) is 1.93. The molecule has 0 bridgehead atoms. The number of thiazole rings is 1. The van der Waals surface area contributed by atoms with Crippen molar-refractivity contribution in [1.29, 1.82) is 0 Å². The van der Waals surface area contributed by atoms with Crippen LogP contribution in [0.4, 0.5) is 9.93 Å². The first-order chi connectivity index (χ1) is 8.74. The molecule has 1 heterocycles. The number of carbonyl (C=O) groups excluding carboxylic acids is 1. The molecule has 94 valence electrons. The van der Waals surface area contributed by atoms with Crippen LogP contribution in [-0.2, 0) is 6.42 Å². The lowest BCUT2D eigenvalue weighted by Crippen LogP contribution is -2.30. The molecule has 0 atom stereocenters. The van der Waals surface area contributed by atoms with Gasteiger partial charge in [0.1, 0.15) is 5.75 Å². The van der Waals surface area contributed by atoms with Crippen molar-refractivity contribution in [3.63, 3.8) is 0 Å². The Hall–Kier alpha value is -2.08. The number of hydrogen-bond donors (Lipinski definition) is 3. The summed E-state index contributed by atoms with van der Waals surface area (Å²) in [5, 5.41) is 16.9. The average Bonchev–Trinajstić information content (AvgIpc) is 2.84. The van der Waals surface area contributed by atoms with Gasteiger partial charge in [-0.25, -0.2) is 9.78 Å². The molecule has 0 unspecified atom stereocenters. The van der Waals surface area contributed by atoms with E-state index in [0.29, 0.717) is 18.1 Å². The Kier molecular flexibility index (Phi) is 4.14. The third kappa shape index (κ3) is 3.74. The van der Waals surface area contributed by atoms with Gasteiger partial charge < -0.3 is 10.4 Å². The van der Waals surface area contributed by atoms with Crippen LogP contribution in [-0.4, -0.2) is 22.7 Å². The Morgan fingerprint density at radius 2 is 2.11 bits per heavy atom. The molecular weight excluding hydrogens is 250 g/mol. The van der Waals surface area contributed by atoms with Crippen LogP contribution in [0.3, 0.4) is 0 Å². The number of phenolic OH excluding ortho intramolecular Hbond substituents is 1.